The van der Waals surface area contributed by atoms with E-state index in [1.807, 2.05) is 32.9 Å². The predicted octanol–water partition coefficient (Wildman–Crippen LogP) is 5.49. The van der Waals surface area contributed by atoms with Crippen molar-refractivity contribution in [3.63, 3.8) is 0 Å². The van der Waals surface area contributed by atoms with Gasteiger partial charge < -0.3 is 24.6 Å². The molecule has 1 saturated carbocycles. The lowest BCUT2D eigenvalue weighted by molar-refractivity contribution is 0.0239. The minimum atomic E-state index is -0.557. The normalized spacial score (nSPS) is 24.8. The second kappa shape index (κ2) is 10.5. The van der Waals surface area contributed by atoms with Crippen LogP contribution < -0.4 is 10.1 Å². The Hall–Kier alpha value is -2.64. The van der Waals surface area contributed by atoms with Crippen LogP contribution in [0, 0.1) is 23.1 Å². The number of likely N-dealkylation sites (tertiary alicyclic amines) is 1. The number of nitrogens with one attached hydrogen (secondary N) is 1. The van der Waals surface area contributed by atoms with E-state index in [4.69, 9.17) is 14.7 Å². The molecule has 8 nitrogen and oxygen atoms in total. The number of nitriles is 1. The number of hydrogen-bond donors (Lipinski definition) is 1. The number of aryl methyl sites for hydroxylation is 1. The fraction of sp³-hybridized carbons (Fsp3) is 0.607. The van der Waals surface area contributed by atoms with Crippen molar-refractivity contribution in [2.45, 2.75) is 76.6 Å². The second-order valence-corrected chi connectivity index (χ2v) is 12.5. The smallest absolute Gasteiger partial charge is 0.410 e. The number of pyridine rings is 1. The summed E-state index contributed by atoms with van der Waals surface area (Å²) < 4.78 is 27.7. The molecule has 38 heavy (non-hydrogen) atoms. The average molecular weight is 589 g/mol. The number of halogens is 2. The highest BCUT2D eigenvalue weighted by Crippen LogP contribution is 2.45. The standard InChI is InChI=1S/C28H35BrFN5O3/c1-28(2,3)38-27(36)35-14-17-12-21(35)25(17)32-20-13-22(37-15-18-8-6-10-34(18)4)33-26-19(20)11-16(7-5-9-31)23(29)24(26)30/h11,13,17-18,21,25H,5-8,10,12,14-15H2,1-4H3,(H,32,33). The van der Waals surface area contributed by atoms with Gasteiger partial charge in [-0.3, -0.25) is 0 Å². The van der Waals surface area contributed by atoms with Gasteiger partial charge in [-0.15, -0.1) is 0 Å². The van der Waals surface area contributed by atoms with E-state index in [0.717, 1.165) is 37.1 Å². The van der Waals surface area contributed by atoms with Gasteiger partial charge in [0.15, 0.2) is 5.82 Å². The Bertz CT molecular complexity index is 1280. The summed E-state index contributed by atoms with van der Waals surface area (Å²) in [6, 6.07) is 6.21. The van der Waals surface area contributed by atoms with E-state index in [9.17, 15) is 4.79 Å². The quantitative estimate of drug-likeness (QED) is 0.458. The fourth-order valence-corrected chi connectivity index (χ4v) is 6.31. The number of fused-ring (bicyclic) bond motifs is 2. The van der Waals surface area contributed by atoms with E-state index in [1.165, 1.54) is 0 Å². The van der Waals surface area contributed by atoms with E-state index in [0.29, 0.717) is 41.4 Å². The Balaban J connectivity index is 1.45. The number of benzene rings is 1. The van der Waals surface area contributed by atoms with Crippen molar-refractivity contribution in [1.82, 2.24) is 14.8 Å². The Morgan fingerprint density at radius 1 is 1.37 bits per heavy atom. The van der Waals surface area contributed by atoms with Gasteiger partial charge in [0.1, 0.15) is 17.7 Å². The summed E-state index contributed by atoms with van der Waals surface area (Å²) >= 11 is 3.38. The highest BCUT2D eigenvalue weighted by Gasteiger charge is 2.54. The number of rotatable bonds is 7. The molecule has 1 amide bonds. The maximum atomic E-state index is 15.6. The highest BCUT2D eigenvalue weighted by atomic mass is 79.9. The first-order chi connectivity index (χ1) is 18.1. The molecule has 2 bridgehead atoms. The summed E-state index contributed by atoms with van der Waals surface area (Å²) in [5, 5.41) is 13.3. The maximum Gasteiger partial charge on any atom is 0.410 e. The van der Waals surface area contributed by atoms with Crippen molar-refractivity contribution in [2.24, 2.45) is 5.92 Å². The first-order valence-corrected chi connectivity index (χ1v) is 14.1. The van der Waals surface area contributed by atoms with Crippen LogP contribution in [0.4, 0.5) is 14.9 Å². The van der Waals surface area contributed by atoms with E-state index in [2.05, 4.69) is 44.2 Å². The van der Waals surface area contributed by atoms with Crippen molar-refractivity contribution in [1.29, 1.82) is 5.26 Å². The number of hydrogen-bond acceptors (Lipinski definition) is 7. The largest absolute Gasteiger partial charge is 0.476 e. The number of ether oxygens (including phenoxy) is 2. The molecule has 4 unspecified atom stereocenters. The number of nitrogens with zero attached hydrogens (tertiary/aromatic N) is 4. The lowest BCUT2D eigenvalue weighted by atomic mass is 9.80. The molecule has 6 rings (SSSR count). The van der Waals surface area contributed by atoms with E-state index in [-0.39, 0.29) is 36.0 Å². The van der Waals surface area contributed by atoms with Gasteiger partial charge in [-0.2, -0.15) is 5.26 Å². The van der Waals surface area contributed by atoms with Gasteiger partial charge in [0.05, 0.1) is 22.6 Å². The van der Waals surface area contributed by atoms with Crippen LogP contribution in [0.25, 0.3) is 10.9 Å². The molecule has 0 radical (unpaired) electrons. The van der Waals surface area contributed by atoms with Crippen LogP contribution >= 0.6 is 15.9 Å². The Morgan fingerprint density at radius 2 is 2.16 bits per heavy atom. The molecule has 1 aromatic carbocycles. The van der Waals surface area contributed by atoms with Crippen LogP contribution in [0.2, 0.25) is 0 Å². The minimum Gasteiger partial charge on any atom is -0.476 e. The molecule has 3 aliphatic heterocycles. The molecule has 3 saturated heterocycles. The van der Waals surface area contributed by atoms with Crippen LogP contribution in [0.3, 0.4) is 0 Å². The van der Waals surface area contributed by atoms with Gasteiger partial charge in [0, 0.05) is 42.1 Å². The number of anilines is 1. The van der Waals surface area contributed by atoms with E-state index >= 15 is 4.39 Å². The van der Waals surface area contributed by atoms with Crippen LogP contribution in [0.1, 0.15) is 52.0 Å². The van der Waals surface area contributed by atoms with Crippen molar-refractivity contribution < 1.29 is 18.7 Å². The third-order valence-electron chi connectivity index (χ3n) is 7.89. The van der Waals surface area contributed by atoms with Crippen LogP contribution in [0.5, 0.6) is 5.88 Å². The molecule has 10 heteroatoms. The minimum absolute atomic E-state index is 0.00734. The summed E-state index contributed by atoms with van der Waals surface area (Å²) in [4.78, 5) is 21.4. The third-order valence-corrected chi connectivity index (χ3v) is 8.74. The van der Waals surface area contributed by atoms with Gasteiger partial charge in [-0.1, -0.05) is 0 Å². The summed E-state index contributed by atoms with van der Waals surface area (Å²) in [5.74, 6) is 0.186. The molecule has 1 aromatic heterocycles. The van der Waals surface area contributed by atoms with E-state index < -0.39 is 11.4 Å². The van der Waals surface area contributed by atoms with Crippen molar-refractivity contribution in [2.75, 3.05) is 32.1 Å². The number of carbonyl (C=O) groups excluding carboxylic acids is 1. The lowest BCUT2D eigenvalue weighted by Gasteiger charge is -2.38. The third kappa shape index (κ3) is 5.28. The molecule has 4 aliphatic rings. The molecular weight excluding hydrogens is 553 g/mol. The Morgan fingerprint density at radius 3 is 2.84 bits per heavy atom. The fourth-order valence-electron chi connectivity index (χ4n) is 5.81. The van der Waals surface area contributed by atoms with Crippen molar-refractivity contribution in [3.8, 4) is 11.9 Å². The topological polar surface area (TPSA) is 90.7 Å². The zero-order valence-electron chi connectivity index (χ0n) is 22.4. The van der Waals surface area contributed by atoms with Gasteiger partial charge in [0.25, 0.3) is 0 Å². The number of amides is 1. The molecule has 0 spiro atoms. The van der Waals surface area contributed by atoms with Crippen LogP contribution in [-0.2, 0) is 11.2 Å². The molecular formula is C28H35BrFN5O3. The first kappa shape index (κ1) is 26.9. The molecule has 1 aliphatic carbocycles. The zero-order chi connectivity index (χ0) is 27.2. The Labute approximate surface area is 231 Å². The molecule has 2 aromatic rings. The predicted molar refractivity (Wildman–Crippen MR) is 147 cm³/mol. The summed E-state index contributed by atoms with van der Waals surface area (Å²) in [5.41, 5.74) is 1.10. The monoisotopic (exact) mass is 587 g/mol. The van der Waals surface area contributed by atoms with Crippen molar-refractivity contribution in [3.05, 3.63) is 28.0 Å². The maximum absolute atomic E-state index is 15.6. The highest BCUT2D eigenvalue weighted by molar-refractivity contribution is 9.10. The van der Waals surface area contributed by atoms with Crippen LogP contribution in [0.15, 0.2) is 16.6 Å². The molecule has 1 N–H and O–H groups in total. The number of aromatic nitrogens is 1. The number of likely N-dealkylation sites (N-methyl/N-ethyl adjacent to an activating group) is 1. The number of carbonyl (C=O) groups is 1. The van der Waals surface area contributed by atoms with Gasteiger partial charge in [-0.05, 0) is 87.6 Å². The van der Waals surface area contributed by atoms with Gasteiger partial charge in [-0.25, -0.2) is 14.2 Å². The first-order valence-electron chi connectivity index (χ1n) is 13.3. The Kier molecular flexibility index (Phi) is 7.44. The summed E-state index contributed by atoms with van der Waals surface area (Å²) in [6.07, 6.45) is 3.51. The molecule has 4 heterocycles. The zero-order valence-corrected chi connectivity index (χ0v) is 24.0. The van der Waals surface area contributed by atoms with Crippen molar-refractivity contribution >= 4 is 38.6 Å². The van der Waals surface area contributed by atoms with Crippen LogP contribution in [-0.4, -0.2) is 71.3 Å². The van der Waals surface area contributed by atoms with E-state index in [1.54, 1.807) is 4.90 Å². The van der Waals surface area contributed by atoms with Gasteiger partial charge >= 0.3 is 6.09 Å². The van der Waals surface area contributed by atoms with Gasteiger partial charge in [0.2, 0.25) is 5.88 Å². The average Bonchev–Trinajstić information content (AvgIpc) is 3.57. The molecule has 4 atom stereocenters. The summed E-state index contributed by atoms with van der Waals surface area (Å²) in [6.45, 7) is 7.75. The lowest BCUT2D eigenvalue weighted by Crippen LogP contribution is -2.50. The second-order valence-electron chi connectivity index (χ2n) is 11.7. The molecule has 204 valence electrons. The molecule has 4 fully saturated rings. The SMILES string of the molecule is CN1CCCC1COc1cc(NC2C3CC2N(C(=O)OC(C)(C)C)C3)c2cc(CCC#N)c(Br)c(F)c2n1. The summed E-state index contributed by atoms with van der Waals surface area (Å²) in [7, 11) is 2.09.